The molecule has 0 aliphatic rings. The van der Waals surface area contributed by atoms with E-state index in [1.165, 1.54) is 0 Å². The summed E-state index contributed by atoms with van der Waals surface area (Å²) in [6.45, 7) is 3.24. The zero-order valence-electron chi connectivity index (χ0n) is 13.0. The normalized spacial score (nSPS) is 10.2. The second-order valence-corrected chi connectivity index (χ2v) is 5.76. The number of hydrogen-bond acceptors (Lipinski definition) is 5. The van der Waals surface area contributed by atoms with E-state index in [0.717, 1.165) is 16.6 Å². The lowest BCUT2D eigenvalue weighted by atomic mass is 10.3. The topological polar surface area (TPSA) is 78.9 Å². The Morgan fingerprint density at radius 1 is 1.22 bits per heavy atom. The number of para-hydroxylation sites is 1. The fourth-order valence-electron chi connectivity index (χ4n) is 1.85. The summed E-state index contributed by atoms with van der Waals surface area (Å²) in [5, 5.41) is 9.13. The molecule has 0 saturated carbocycles. The molecular formula is C16H20BrN5O. The first kappa shape index (κ1) is 17.2. The molecule has 0 aliphatic carbocycles. The lowest BCUT2D eigenvalue weighted by Crippen LogP contribution is -2.26. The van der Waals surface area contributed by atoms with Crippen molar-refractivity contribution >= 4 is 39.3 Å². The Labute approximate surface area is 144 Å². The quantitative estimate of drug-likeness (QED) is 0.657. The first-order valence-corrected chi connectivity index (χ1v) is 8.33. The van der Waals surface area contributed by atoms with Crippen LogP contribution < -0.4 is 16.0 Å². The van der Waals surface area contributed by atoms with Gasteiger partial charge in [0.1, 0.15) is 5.82 Å². The SMILES string of the molecule is CCCNC(=O)CCNc1nc(Nc2ccccc2)ncc1Br. The molecule has 0 bridgehead atoms. The zero-order chi connectivity index (χ0) is 16.5. The Balaban J connectivity index is 1.91. The number of aromatic nitrogens is 2. The van der Waals surface area contributed by atoms with Gasteiger partial charge in [0.25, 0.3) is 0 Å². The Hall–Kier alpha value is -2.15. The molecule has 0 fully saturated rings. The molecule has 1 amide bonds. The van der Waals surface area contributed by atoms with Crippen LogP contribution in [-0.2, 0) is 4.79 Å². The number of benzene rings is 1. The summed E-state index contributed by atoms with van der Waals surface area (Å²) >= 11 is 3.41. The molecule has 1 aromatic carbocycles. The molecule has 1 heterocycles. The van der Waals surface area contributed by atoms with Crippen molar-refractivity contribution in [2.24, 2.45) is 0 Å². The van der Waals surface area contributed by atoms with Gasteiger partial charge in [-0.3, -0.25) is 4.79 Å². The van der Waals surface area contributed by atoms with E-state index in [1.807, 2.05) is 37.3 Å². The number of anilines is 3. The van der Waals surface area contributed by atoms with Crippen molar-refractivity contribution in [2.45, 2.75) is 19.8 Å². The molecule has 23 heavy (non-hydrogen) atoms. The minimum atomic E-state index is 0.0344. The fraction of sp³-hybridized carbons (Fsp3) is 0.312. The predicted molar refractivity (Wildman–Crippen MR) is 95.9 cm³/mol. The van der Waals surface area contributed by atoms with Crippen molar-refractivity contribution in [3.8, 4) is 0 Å². The molecule has 3 N–H and O–H groups in total. The summed E-state index contributed by atoms with van der Waals surface area (Å²) in [5.74, 6) is 1.19. The van der Waals surface area contributed by atoms with Crippen LogP contribution in [0.15, 0.2) is 41.0 Å². The van der Waals surface area contributed by atoms with Gasteiger partial charge in [0.15, 0.2) is 0 Å². The third kappa shape index (κ3) is 5.86. The number of carbonyl (C=O) groups is 1. The molecule has 7 heteroatoms. The van der Waals surface area contributed by atoms with Gasteiger partial charge in [0, 0.05) is 31.4 Å². The third-order valence-corrected chi connectivity index (χ3v) is 3.57. The van der Waals surface area contributed by atoms with Crippen molar-refractivity contribution in [1.82, 2.24) is 15.3 Å². The molecule has 2 aromatic rings. The lowest BCUT2D eigenvalue weighted by Gasteiger charge is -2.10. The standard InChI is InChI=1S/C16H20BrN5O/c1-2-9-18-14(23)8-10-19-15-13(17)11-20-16(22-15)21-12-6-4-3-5-7-12/h3-7,11H,2,8-10H2,1H3,(H,18,23)(H2,19,20,21,22). The molecule has 122 valence electrons. The molecule has 1 aromatic heterocycles. The van der Waals surface area contributed by atoms with Gasteiger partial charge in [-0.2, -0.15) is 4.98 Å². The van der Waals surface area contributed by atoms with Crippen LogP contribution in [0.4, 0.5) is 17.5 Å². The highest BCUT2D eigenvalue weighted by Crippen LogP contribution is 2.21. The number of nitrogens with one attached hydrogen (secondary N) is 3. The second kappa shape index (κ2) is 9.09. The third-order valence-electron chi connectivity index (χ3n) is 2.99. The van der Waals surface area contributed by atoms with Gasteiger partial charge in [0.05, 0.1) is 4.47 Å². The molecule has 0 atom stereocenters. The van der Waals surface area contributed by atoms with Crippen LogP contribution in [-0.4, -0.2) is 29.0 Å². The maximum atomic E-state index is 11.6. The summed E-state index contributed by atoms with van der Waals surface area (Å²) < 4.78 is 0.755. The first-order chi connectivity index (χ1) is 11.2. The van der Waals surface area contributed by atoms with Crippen LogP contribution in [0, 0.1) is 0 Å². The maximum Gasteiger partial charge on any atom is 0.229 e. The van der Waals surface area contributed by atoms with Crippen LogP contribution >= 0.6 is 15.9 Å². The van der Waals surface area contributed by atoms with E-state index in [-0.39, 0.29) is 5.91 Å². The number of nitrogens with zero attached hydrogens (tertiary/aromatic N) is 2. The Kier molecular flexibility index (Phi) is 6.80. The molecular weight excluding hydrogens is 358 g/mol. The minimum absolute atomic E-state index is 0.0344. The summed E-state index contributed by atoms with van der Waals surface area (Å²) in [5.41, 5.74) is 0.916. The van der Waals surface area contributed by atoms with E-state index in [4.69, 9.17) is 0 Å². The average molecular weight is 378 g/mol. The zero-order valence-corrected chi connectivity index (χ0v) is 14.6. The van der Waals surface area contributed by atoms with E-state index >= 15 is 0 Å². The molecule has 0 aliphatic heterocycles. The summed E-state index contributed by atoms with van der Waals surface area (Å²) in [7, 11) is 0. The van der Waals surface area contributed by atoms with Gasteiger partial charge in [0.2, 0.25) is 11.9 Å². The van der Waals surface area contributed by atoms with E-state index in [9.17, 15) is 4.79 Å². The lowest BCUT2D eigenvalue weighted by molar-refractivity contribution is -0.120. The van der Waals surface area contributed by atoms with Crippen LogP contribution in [0.5, 0.6) is 0 Å². The Bertz CT molecular complexity index is 636. The highest BCUT2D eigenvalue weighted by atomic mass is 79.9. The van der Waals surface area contributed by atoms with Crippen molar-refractivity contribution in [1.29, 1.82) is 0 Å². The number of amides is 1. The Morgan fingerprint density at radius 2 is 2.00 bits per heavy atom. The molecule has 2 rings (SSSR count). The smallest absolute Gasteiger partial charge is 0.229 e. The van der Waals surface area contributed by atoms with Crippen molar-refractivity contribution in [2.75, 3.05) is 23.7 Å². The van der Waals surface area contributed by atoms with Gasteiger partial charge in [-0.25, -0.2) is 4.98 Å². The number of carbonyl (C=O) groups excluding carboxylic acids is 1. The minimum Gasteiger partial charge on any atom is -0.368 e. The Morgan fingerprint density at radius 3 is 2.74 bits per heavy atom. The van der Waals surface area contributed by atoms with E-state index in [0.29, 0.717) is 31.3 Å². The van der Waals surface area contributed by atoms with Crippen molar-refractivity contribution < 1.29 is 4.79 Å². The van der Waals surface area contributed by atoms with Gasteiger partial charge >= 0.3 is 0 Å². The summed E-state index contributed by atoms with van der Waals surface area (Å²) in [6, 6.07) is 9.71. The van der Waals surface area contributed by atoms with Gasteiger partial charge in [-0.15, -0.1) is 0 Å². The molecule has 6 nitrogen and oxygen atoms in total. The van der Waals surface area contributed by atoms with E-state index in [2.05, 4.69) is 41.8 Å². The summed E-state index contributed by atoms with van der Waals surface area (Å²) in [4.78, 5) is 20.2. The van der Waals surface area contributed by atoms with Crippen LogP contribution in [0.1, 0.15) is 19.8 Å². The molecule has 0 saturated heterocycles. The van der Waals surface area contributed by atoms with Crippen molar-refractivity contribution in [3.05, 3.63) is 41.0 Å². The largest absolute Gasteiger partial charge is 0.368 e. The van der Waals surface area contributed by atoms with Crippen molar-refractivity contribution in [3.63, 3.8) is 0 Å². The highest BCUT2D eigenvalue weighted by Gasteiger charge is 2.06. The average Bonchev–Trinajstić information content (AvgIpc) is 2.57. The highest BCUT2D eigenvalue weighted by molar-refractivity contribution is 9.10. The molecule has 0 unspecified atom stereocenters. The molecule has 0 radical (unpaired) electrons. The van der Waals surface area contributed by atoms with Crippen LogP contribution in [0.3, 0.4) is 0 Å². The van der Waals surface area contributed by atoms with E-state index in [1.54, 1.807) is 6.20 Å². The predicted octanol–water partition coefficient (Wildman–Crippen LogP) is 3.31. The monoisotopic (exact) mass is 377 g/mol. The maximum absolute atomic E-state index is 11.6. The fourth-order valence-corrected chi connectivity index (χ4v) is 2.18. The van der Waals surface area contributed by atoms with Gasteiger partial charge < -0.3 is 16.0 Å². The number of hydrogen-bond donors (Lipinski definition) is 3. The second-order valence-electron chi connectivity index (χ2n) is 4.91. The number of rotatable bonds is 8. The van der Waals surface area contributed by atoms with Crippen LogP contribution in [0.2, 0.25) is 0 Å². The first-order valence-electron chi connectivity index (χ1n) is 7.54. The van der Waals surface area contributed by atoms with Gasteiger partial charge in [-0.1, -0.05) is 25.1 Å². The molecule has 0 spiro atoms. The number of halogens is 1. The van der Waals surface area contributed by atoms with E-state index < -0.39 is 0 Å². The summed E-state index contributed by atoms with van der Waals surface area (Å²) in [6.07, 6.45) is 3.01. The van der Waals surface area contributed by atoms with Crippen LogP contribution in [0.25, 0.3) is 0 Å². The van der Waals surface area contributed by atoms with Gasteiger partial charge in [-0.05, 0) is 34.5 Å².